The zero-order chi connectivity index (χ0) is 20.3. The molecule has 1 aromatic heterocycles. The van der Waals surface area contributed by atoms with Crippen molar-refractivity contribution >= 4 is 22.6 Å². The summed E-state index contributed by atoms with van der Waals surface area (Å²) in [7, 11) is 0. The molecule has 0 unspecified atom stereocenters. The lowest BCUT2D eigenvalue weighted by atomic mass is 9.93. The van der Waals surface area contributed by atoms with Gasteiger partial charge in [-0.3, -0.25) is 4.79 Å². The smallest absolute Gasteiger partial charge is 0.227 e. The van der Waals surface area contributed by atoms with E-state index in [1.807, 2.05) is 48.5 Å². The van der Waals surface area contributed by atoms with E-state index in [0.717, 1.165) is 80.1 Å². The third-order valence-corrected chi connectivity index (χ3v) is 6.42. The van der Waals surface area contributed by atoms with Gasteiger partial charge in [0.1, 0.15) is 5.82 Å². The fraction of sp³-hybridized carbons (Fsp3) is 0.417. The Balaban J connectivity index is 1.17. The highest BCUT2D eigenvalue weighted by Crippen LogP contribution is 2.26. The number of H-pyrrole nitrogens is 1. The number of carbonyl (C=O) groups is 1. The van der Waals surface area contributed by atoms with Gasteiger partial charge in [0.25, 0.3) is 0 Å². The predicted molar refractivity (Wildman–Crippen MR) is 118 cm³/mol. The fourth-order valence-electron chi connectivity index (χ4n) is 4.62. The van der Waals surface area contributed by atoms with E-state index < -0.39 is 0 Å². The van der Waals surface area contributed by atoms with Crippen molar-refractivity contribution in [3.8, 4) is 11.4 Å². The lowest BCUT2D eigenvalue weighted by Gasteiger charge is -2.38. The zero-order valence-corrected chi connectivity index (χ0v) is 17.1. The van der Waals surface area contributed by atoms with Gasteiger partial charge < -0.3 is 19.9 Å². The monoisotopic (exact) mass is 404 g/mol. The average Bonchev–Trinajstić information content (AvgIpc) is 3.25. The Labute approximate surface area is 176 Å². The van der Waals surface area contributed by atoms with Gasteiger partial charge in [-0.05, 0) is 75.2 Å². The summed E-state index contributed by atoms with van der Waals surface area (Å²) in [4.78, 5) is 23.3. The maximum Gasteiger partial charge on any atom is 0.227 e. The van der Waals surface area contributed by atoms with E-state index >= 15 is 0 Å². The number of imidazole rings is 1. The van der Waals surface area contributed by atoms with Crippen molar-refractivity contribution in [1.29, 1.82) is 0 Å². The van der Waals surface area contributed by atoms with Crippen LogP contribution < -0.4 is 5.32 Å². The van der Waals surface area contributed by atoms with Crippen LogP contribution in [-0.4, -0.2) is 53.1 Å². The van der Waals surface area contributed by atoms with Crippen LogP contribution in [0.25, 0.3) is 22.4 Å². The van der Waals surface area contributed by atoms with Crippen molar-refractivity contribution in [3.05, 3.63) is 48.5 Å². The van der Waals surface area contributed by atoms with Crippen LogP contribution in [0.5, 0.6) is 0 Å². The molecule has 2 aliphatic rings. The molecule has 30 heavy (non-hydrogen) atoms. The second-order valence-electron chi connectivity index (χ2n) is 8.32. The third-order valence-electron chi connectivity index (χ3n) is 6.42. The summed E-state index contributed by atoms with van der Waals surface area (Å²) in [5.74, 6) is 1.07. The molecular weight excluding hydrogens is 376 g/mol. The first-order valence-corrected chi connectivity index (χ1v) is 10.9. The number of anilines is 1. The van der Waals surface area contributed by atoms with Gasteiger partial charge in [0.2, 0.25) is 5.91 Å². The molecule has 3 heterocycles. The lowest BCUT2D eigenvalue weighted by molar-refractivity contribution is -0.121. The summed E-state index contributed by atoms with van der Waals surface area (Å²) in [6, 6.07) is 16.5. The molecule has 0 saturated carbocycles. The standard InChI is InChI=1S/C24H28N4O2/c29-24(18-9-13-28(14-10-18)20-11-15-30-16-12-20)25-19-7-5-17(6-8-19)23-26-21-3-1-2-4-22(21)27-23/h1-8,18,20H,9-16H2,(H,25,29)(H,26,27). The molecule has 0 bridgehead atoms. The number of nitrogens with one attached hydrogen (secondary N) is 2. The highest BCUT2D eigenvalue weighted by atomic mass is 16.5. The molecule has 0 aliphatic carbocycles. The summed E-state index contributed by atoms with van der Waals surface area (Å²) < 4.78 is 5.47. The number of likely N-dealkylation sites (tertiary alicyclic amines) is 1. The van der Waals surface area contributed by atoms with Crippen molar-refractivity contribution in [2.45, 2.75) is 31.7 Å². The van der Waals surface area contributed by atoms with Crippen molar-refractivity contribution < 1.29 is 9.53 Å². The van der Waals surface area contributed by atoms with Gasteiger partial charge in [-0.15, -0.1) is 0 Å². The van der Waals surface area contributed by atoms with Crippen molar-refractivity contribution in [2.75, 3.05) is 31.6 Å². The van der Waals surface area contributed by atoms with E-state index in [9.17, 15) is 4.79 Å². The summed E-state index contributed by atoms with van der Waals surface area (Å²) in [6.45, 7) is 3.76. The summed E-state index contributed by atoms with van der Waals surface area (Å²) in [6.07, 6.45) is 4.10. The number of amides is 1. The van der Waals surface area contributed by atoms with Crippen LogP contribution in [0.2, 0.25) is 0 Å². The molecule has 2 saturated heterocycles. The molecule has 6 heteroatoms. The minimum atomic E-state index is 0.0936. The molecular formula is C24H28N4O2. The van der Waals surface area contributed by atoms with E-state index in [1.165, 1.54) is 0 Å². The van der Waals surface area contributed by atoms with Gasteiger partial charge in [-0.2, -0.15) is 0 Å². The van der Waals surface area contributed by atoms with E-state index in [4.69, 9.17) is 4.74 Å². The zero-order valence-electron chi connectivity index (χ0n) is 17.1. The summed E-state index contributed by atoms with van der Waals surface area (Å²) >= 11 is 0. The number of carbonyl (C=O) groups excluding carboxylic acids is 1. The van der Waals surface area contributed by atoms with Crippen LogP contribution in [0, 0.1) is 5.92 Å². The van der Waals surface area contributed by atoms with E-state index in [1.54, 1.807) is 0 Å². The fourth-order valence-corrected chi connectivity index (χ4v) is 4.62. The van der Waals surface area contributed by atoms with E-state index in [-0.39, 0.29) is 11.8 Å². The second-order valence-corrected chi connectivity index (χ2v) is 8.32. The van der Waals surface area contributed by atoms with Crippen LogP contribution >= 0.6 is 0 Å². The number of ether oxygens (including phenoxy) is 1. The van der Waals surface area contributed by atoms with Crippen LogP contribution in [0.15, 0.2) is 48.5 Å². The first kappa shape index (κ1) is 19.3. The number of rotatable bonds is 4. The van der Waals surface area contributed by atoms with Crippen LogP contribution in [0.3, 0.4) is 0 Å². The van der Waals surface area contributed by atoms with Crippen LogP contribution in [0.4, 0.5) is 5.69 Å². The Kier molecular flexibility index (Phi) is 5.51. The Bertz CT molecular complexity index is 966. The normalized spacial score (nSPS) is 19.2. The molecule has 1 amide bonds. The molecule has 2 N–H and O–H groups in total. The number of piperidine rings is 1. The number of nitrogens with zero attached hydrogens (tertiary/aromatic N) is 2. The summed E-state index contributed by atoms with van der Waals surface area (Å²) in [5.41, 5.74) is 3.83. The van der Waals surface area contributed by atoms with E-state index in [2.05, 4.69) is 20.2 Å². The van der Waals surface area contributed by atoms with Crippen molar-refractivity contribution in [1.82, 2.24) is 14.9 Å². The first-order chi connectivity index (χ1) is 14.8. The van der Waals surface area contributed by atoms with E-state index in [0.29, 0.717) is 6.04 Å². The van der Waals surface area contributed by atoms with Gasteiger partial charge >= 0.3 is 0 Å². The van der Waals surface area contributed by atoms with Gasteiger partial charge in [-0.25, -0.2) is 4.98 Å². The number of benzene rings is 2. The highest BCUT2D eigenvalue weighted by Gasteiger charge is 2.29. The Hall–Kier alpha value is -2.70. The van der Waals surface area contributed by atoms with Crippen molar-refractivity contribution in [2.24, 2.45) is 5.92 Å². The molecule has 5 rings (SSSR count). The quantitative estimate of drug-likeness (QED) is 0.688. The Morgan fingerprint density at radius 2 is 1.73 bits per heavy atom. The minimum absolute atomic E-state index is 0.0936. The average molecular weight is 405 g/mol. The molecule has 156 valence electrons. The number of hydrogen-bond donors (Lipinski definition) is 2. The molecule has 0 spiro atoms. The lowest BCUT2D eigenvalue weighted by Crippen LogP contribution is -2.45. The minimum Gasteiger partial charge on any atom is -0.381 e. The molecule has 0 radical (unpaired) electrons. The Morgan fingerprint density at radius 1 is 1.00 bits per heavy atom. The van der Waals surface area contributed by atoms with Gasteiger partial charge in [-0.1, -0.05) is 12.1 Å². The predicted octanol–water partition coefficient (Wildman–Crippen LogP) is 4.06. The van der Waals surface area contributed by atoms with Crippen LogP contribution in [-0.2, 0) is 9.53 Å². The SMILES string of the molecule is O=C(Nc1ccc(-c2nc3ccccc3[nH]2)cc1)C1CCN(C2CCOCC2)CC1. The first-order valence-electron chi connectivity index (χ1n) is 10.9. The molecule has 2 aliphatic heterocycles. The van der Waals surface area contributed by atoms with Gasteiger partial charge in [0, 0.05) is 36.4 Å². The number of para-hydroxylation sites is 2. The topological polar surface area (TPSA) is 70.2 Å². The maximum absolute atomic E-state index is 12.8. The van der Waals surface area contributed by atoms with Crippen LogP contribution in [0.1, 0.15) is 25.7 Å². The molecule has 0 atom stereocenters. The number of hydrogen-bond acceptors (Lipinski definition) is 4. The number of aromatic nitrogens is 2. The molecule has 6 nitrogen and oxygen atoms in total. The maximum atomic E-state index is 12.8. The molecule has 2 fully saturated rings. The Morgan fingerprint density at radius 3 is 2.47 bits per heavy atom. The third kappa shape index (κ3) is 4.11. The second kappa shape index (κ2) is 8.58. The summed E-state index contributed by atoms with van der Waals surface area (Å²) in [5, 5.41) is 3.10. The van der Waals surface area contributed by atoms with Gasteiger partial charge in [0.15, 0.2) is 0 Å². The van der Waals surface area contributed by atoms with Gasteiger partial charge in [0.05, 0.1) is 11.0 Å². The molecule has 3 aromatic rings. The number of fused-ring (bicyclic) bond motifs is 1. The number of aromatic amines is 1. The molecule has 2 aromatic carbocycles. The largest absolute Gasteiger partial charge is 0.381 e. The van der Waals surface area contributed by atoms with Crippen molar-refractivity contribution in [3.63, 3.8) is 0 Å². The highest BCUT2D eigenvalue weighted by molar-refractivity contribution is 5.93.